The summed E-state index contributed by atoms with van der Waals surface area (Å²) in [4.78, 5) is 0. The highest BCUT2D eigenvalue weighted by Gasteiger charge is 2.27. The summed E-state index contributed by atoms with van der Waals surface area (Å²) in [5, 5.41) is 2.77. The Kier molecular flexibility index (Phi) is 6.33. The van der Waals surface area contributed by atoms with Crippen molar-refractivity contribution in [3.05, 3.63) is 5.37 Å². The van der Waals surface area contributed by atoms with Crippen LogP contribution in [-0.2, 0) is 0 Å². The minimum atomic E-state index is -0.785. The molecule has 0 aromatic heterocycles. The zero-order chi connectivity index (χ0) is 10.6. The van der Waals surface area contributed by atoms with E-state index in [9.17, 15) is 0 Å². The Morgan fingerprint density at radius 2 is 1.31 bits per heavy atom. The fourth-order valence-electron chi connectivity index (χ4n) is 1.03. The van der Waals surface area contributed by atoms with Crippen molar-refractivity contribution < 1.29 is 0 Å². The van der Waals surface area contributed by atoms with Crippen molar-refractivity contribution >= 4 is 89.4 Å². The molecule has 0 aliphatic heterocycles. The van der Waals surface area contributed by atoms with Crippen LogP contribution in [0.2, 0.25) is 0 Å². The number of thiocarbonyl (C=S) groups is 1. The lowest BCUT2D eigenvalue weighted by Gasteiger charge is -2.24. The zero-order valence-corrected chi connectivity index (χ0v) is 8.00. The van der Waals surface area contributed by atoms with Gasteiger partial charge >= 0.3 is 0 Å². The van der Waals surface area contributed by atoms with Gasteiger partial charge < -0.3 is 0 Å². The molecule has 0 aromatic carbocycles. The van der Waals surface area contributed by atoms with Gasteiger partial charge in [-0.3, -0.25) is 0 Å². The molecule has 12 radical (unpaired) electrons. The minimum Gasteiger partial charge on any atom is -0.116 e. The third kappa shape index (κ3) is 4.04. The van der Waals surface area contributed by atoms with Crippen molar-refractivity contribution in [2.45, 2.75) is 0 Å². The summed E-state index contributed by atoms with van der Waals surface area (Å²) in [5.41, 5.74) is 0. The van der Waals surface area contributed by atoms with Crippen molar-refractivity contribution in [2.24, 2.45) is 0 Å². The van der Waals surface area contributed by atoms with Gasteiger partial charge in [0.2, 0.25) is 0 Å². The molecule has 0 atom stereocenters. The van der Waals surface area contributed by atoms with E-state index in [0.717, 1.165) is 0 Å². The smallest absolute Gasteiger partial charge is 0.0733 e. The van der Waals surface area contributed by atoms with Gasteiger partial charge in [-0.2, -0.15) is 0 Å². The molecule has 11 heteroatoms. The highest BCUT2D eigenvalue weighted by Crippen LogP contribution is 2.00. The van der Waals surface area contributed by atoms with Crippen LogP contribution in [0.1, 0.15) is 0 Å². The second-order valence-corrected chi connectivity index (χ2v) is 2.97. The van der Waals surface area contributed by atoms with Crippen LogP contribution in [-0.4, -0.2) is 77.2 Å². The second kappa shape index (κ2) is 6.09. The molecular weight excluding hydrogens is 164 g/mol. The predicted molar refractivity (Wildman–Crippen MR) is 73.7 cm³/mol. The maximum Gasteiger partial charge on any atom is 0.0733 e. The lowest BCUT2D eigenvalue weighted by molar-refractivity contribution is 2.52. The van der Waals surface area contributed by atoms with Crippen molar-refractivity contribution in [3.63, 3.8) is 0 Å². The quantitative estimate of drug-likeness (QED) is 0.310. The monoisotopic (exact) mass is 166 g/mol. The van der Waals surface area contributed by atoms with Gasteiger partial charge in [0.25, 0.3) is 0 Å². The maximum absolute atomic E-state index is 5.45. The summed E-state index contributed by atoms with van der Waals surface area (Å²) in [6, 6.07) is 0. The standard InChI is InChI=1S/C2B10S/c3-9(4)2(1-13)10(11(5)6)12(7)8. The van der Waals surface area contributed by atoms with Gasteiger partial charge in [-0.1, -0.05) is 5.02 Å². The molecule has 0 unspecified atom stereocenters. The van der Waals surface area contributed by atoms with Crippen molar-refractivity contribution in [3.8, 4) is 0 Å². The van der Waals surface area contributed by atoms with Crippen LogP contribution in [0.25, 0.3) is 0 Å². The molecule has 0 aliphatic carbocycles. The highest BCUT2D eigenvalue weighted by atomic mass is 32.1. The SMILES string of the molecule is [B]B([B])B(B([B])[B])C(=C=S)B([B])[B]. The fraction of sp³-hybridized carbons (Fsp3) is 0. The van der Waals surface area contributed by atoms with E-state index in [1.807, 2.05) is 0 Å². The van der Waals surface area contributed by atoms with Crippen LogP contribution < -0.4 is 0 Å². The van der Waals surface area contributed by atoms with Crippen LogP contribution >= 0.6 is 12.2 Å². The molecule has 0 saturated carbocycles. The van der Waals surface area contributed by atoms with Crippen LogP contribution in [0.4, 0.5) is 0 Å². The fourth-order valence-corrected chi connectivity index (χ4v) is 1.30. The normalized spacial score (nSPS) is 8.31. The first kappa shape index (κ1) is 13.5. The first-order chi connectivity index (χ1) is 5.91. The third-order valence-corrected chi connectivity index (χ3v) is 1.90. The Labute approximate surface area is 94.8 Å². The van der Waals surface area contributed by atoms with Gasteiger partial charge in [0, 0.05) is 59.2 Å². The Bertz CT molecular complexity index is 195. The Hall–Kier alpha value is 0.519. The molecule has 0 fully saturated rings. The summed E-state index contributed by atoms with van der Waals surface area (Å²) in [6.07, 6.45) is -1.50. The van der Waals surface area contributed by atoms with Crippen molar-refractivity contribution in [1.82, 2.24) is 0 Å². The molecule has 0 heterocycles. The number of rotatable bonds is 4. The average molecular weight is 164 g/mol. The third-order valence-electron chi connectivity index (χ3n) is 1.67. The van der Waals surface area contributed by atoms with Crippen LogP contribution in [0.5, 0.6) is 0 Å². The van der Waals surface area contributed by atoms with E-state index in [4.69, 9.17) is 46.4 Å². The predicted octanol–water partition coefficient (Wildman–Crippen LogP) is -3.28. The summed E-state index contributed by atoms with van der Waals surface area (Å²) >= 11 is 4.60. The van der Waals surface area contributed by atoms with Gasteiger partial charge in [-0.25, -0.2) is 0 Å². The molecule has 0 rings (SSSR count). The van der Waals surface area contributed by atoms with Crippen LogP contribution in [0, 0.1) is 0 Å². The van der Waals surface area contributed by atoms with Crippen LogP contribution in [0.15, 0.2) is 5.37 Å². The molecule has 0 aliphatic rings. The topological polar surface area (TPSA) is 0 Å². The first-order valence-electron chi connectivity index (χ1n) is 3.70. The molecule has 13 heavy (non-hydrogen) atoms. The largest absolute Gasteiger partial charge is 0.116 e. The molecule has 0 amide bonds. The number of hydrogen-bond acceptors (Lipinski definition) is 1. The molecule has 0 saturated heterocycles. The number of hydrogen-bond donors (Lipinski definition) is 0. The van der Waals surface area contributed by atoms with E-state index in [-0.39, 0.29) is 0 Å². The second-order valence-electron chi connectivity index (χ2n) is 2.76. The van der Waals surface area contributed by atoms with Gasteiger partial charge in [0.05, 0.1) is 13.0 Å². The molecule has 0 spiro atoms. The molecule has 0 N–H and O–H groups in total. The minimum absolute atomic E-state index is 0.375. The first-order valence-corrected chi connectivity index (χ1v) is 4.11. The Morgan fingerprint density at radius 1 is 0.923 bits per heavy atom. The van der Waals surface area contributed by atoms with Crippen molar-refractivity contribution in [2.75, 3.05) is 0 Å². The Morgan fingerprint density at radius 3 is 1.38 bits per heavy atom. The van der Waals surface area contributed by atoms with Gasteiger partial charge in [0.15, 0.2) is 0 Å². The lowest BCUT2D eigenvalue weighted by atomic mass is 8.69. The summed E-state index contributed by atoms with van der Waals surface area (Å²) in [7, 11) is 32.6. The zero-order valence-electron chi connectivity index (χ0n) is 7.18. The van der Waals surface area contributed by atoms with Gasteiger partial charge in [-0.15, -0.1) is 5.37 Å². The van der Waals surface area contributed by atoms with E-state index < -0.39 is 25.8 Å². The summed E-state index contributed by atoms with van der Waals surface area (Å²) < 4.78 is 0. The van der Waals surface area contributed by atoms with Gasteiger partial charge in [-0.05, 0) is 12.2 Å². The van der Waals surface area contributed by atoms with E-state index in [1.165, 1.54) is 0 Å². The highest BCUT2D eigenvalue weighted by molar-refractivity contribution is 7.86. The van der Waals surface area contributed by atoms with E-state index in [1.54, 1.807) is 0 Å². The van der Waals surface area contributed by atoms with Gasteiger partial charge in [0.1, 0.15) is 0 Å². The Balaban J connectivity index is 4.82. The summed E-state index contributed by atoms with van der Waals surface area (Å²) in [6.45, 7) is -1.33. The van der Waals surface area contributed by atoms with E-state index in [0.29, 0.717) is 5.37 Å². The van der Waals surface area contributed by atoms with E-state index >= 15 is 0 Å². The lowest BCUT2D eigenvalue weighted by Crippen LogP contribution is -2.56. The molecular formula is C2B10S. The van der Waals surface area contributed by atoms with Crippen molar-refractivity contribution in [1.29, 1.82) is 0 Å². The molecule has 0 aromatic rings. The van der Waals surface area contributed by atoms with E-state index in [2.05, 4.69) is 17.2 Å². The molecule has 44 valence electrons. The van der Waals surface area contributed by atoms with Crippen LogP contribution in [0.3, 0.4) is 0 Å². The average Bonchev–Trinajstić information content (AvgIpc) is 1.97. The summed E-state index contributed by atoms with van der Waals surface area (Å²) in [5.74, 6) is 0. The maximum atomic E-state index is 5.45. The molecule has 0 bridgehead atoms. The molecule has 0 nitrogen and oxygen atoms in total.